The van der Waals surface area contributed by atoms with Crippen LogP contribution in [-0.4, -0.2) is 28.2 Å². The first kappa shape index (κ1) is 14.4. The van der Waals surface area contributed by atoms with Crippen LogP contribution in [0.3, 0.4) is 0 Å². The third-order valence-corrected chi connectivity index (χ3v) is 3.86. The van der Waals surface area contributed by atoms with Crippen molar-refractivity contribution in [2.75, 3.05) is 6.54 Å². The lowest BCUT2D eigenvalue weighted by Crippen LogP contribution is -2.33. The van der Waals surface area contributed by atoms with E-state index in [4.69, 9.17) is 0 Å². The molecule has 104 valence electrons. The number of carbonyl (C=O) groups excluding carboxylic acids is 2. The highest BCUT2D eigenvalue weighted by atomic mass is 32.1. The van der Waals surface area contributed by atoms with Crippen molar-refractivity contribution in [2.45, 2.75) is 20.3 Å². The van der Waals surface area contributed by atoms with Crippen LogP contribution in [0, 0.1) is 6.92 Å². The van der Waals surface area contributed by atoms with Crippen molar-refractivity contribution in [3.63, 3.8) is 0 Å². The largest absolute Gasteiger partial charge is 0.274 e. The molecule has 0 N–H and O–H groups in total. The van der Waals surface area contributed by atoms with Crippen LogP contribution in [0.5, 0.6) is 0 Å². The second kappa shape index (κ2) is 5.96. The van der Waals surface area contributed by atoms with E-state index in [0.29, 0.717) is 24.1 Å². The summed E-state index contributed by atoms with van der Waals surface area (Å²) in [6.07, 6.45) is 5.43. The minimum absolute atomic E-state index is 0.255. The summed E-state index contributed by atoms with van der Waals surface area (Å²) in [7, 11) is 0. The maximum Gasteiger partial charge on any atom is 0.261 e. The summed E-state index contributed by atoms with van der Waals surface area (Å²) in [6.45, 7) is 7.70. The molecule has 0 aliphatic carbocycles. The lowest BCUT2D eigenvalue weighted by Gasteiger charge is -2.13. The maximum atomic E-state index is 12.2. The highest BCUT2D eigenvalue weighted by Crippen LogP contribution is 2.23. The molecule has 0 saturated carbocycles. The summed E-state index contributed by atoms with van der Waals surface area (Å²) in [5.41, 5.74) is 1.71. The van der Waals surface area contributed by atoms with Crippen LogP contribution in [0.1, 0.15) is 17.6 Å². The Hall–Kier alpha value is -2.01. The lowest BCUT2D eigenvalue weighted by atomic mass is 10.1. The van der Waals surface area contributed by atoms with Crippen molar-refractivity contribution in [1.29, 1.82) is 0 Å². The van der Waals surface area contributed by atoms with E-state index < -0.39 is 0 Å². The number of hydrogen-bond donors (Lipinski definition) is 0. The summed E-state index contributed by atoms with van der Waals surface area (Å²) in [6, 6.07) is 0. The Morgan fingerprint density at radius 3 is 2.60 bits per heavy atom. The van der Waals surface area contributed by atoms with E-state index in [1.807, 2.05) is 19.2 Å². The quantitative estimate of drug-likeness (QED) is 0.782. The van der Waals surface area contributed by atoms with E-state index in [2.05, 4.69) is 11.6 Å². The van der Waals surface area contributed by atoms with Gasteiger partial charge in [-0.15, -0.1) is 11.3 Å². The molecule has 1 aromatic heterocycles. The molecule has 20 heavy (non-hydrogen) atoms. The number of carbonyl (C=O) groups is 2. The number of rotatable bonds is 5. The zero-order chi connectivity index (χ0) is 14.7. The molecule has 0 saturated heterocycles. The molecule has 4 nitrogen and oxygen atoms in total. The van der Waals surface area contributed by atoms with Gasteiger partial charge in [-0.05, 0) is 13.8 Å². The Kier molecular flexibility index (Phi) is 4.29. The van der Waals surface area contributed by atoms with Crippen LogP contribution >= 0.6 is 11.3 Å². The maximum absolute atomic E-state index is 12.2. The monoisotopic (exact) mass is 288 g/mol. The van der Waals surface area contributed by atoms with E-state index in [1.165, 1.54) is 11.0 Å². The van der Waals surface area contributed by atoms with E-state index in [0.717, 1.165) is 10.7 Å². The predicted octanol–water partition coefficient (Wildman–Crippen LogP) is 2.42. The average Bonchev–Trinajstić information content (AvgIpc) is 2.92. The SMILES string of the molecule is C=CC1=C(/C=C\C)C(=O)N(CCc2csc(C)n2)C1=O. The van der Waals surface area contributed by atoms with Gasteiger partial charge in [0.1, 0.15) is 0 Å². The first-order chi connectivity index (χ1) is 9.58. The van der Waals surface area contributed by atoms with Crippen LogP contribution in [0.25, 0.3) is 0 Å². The molecule has 0 bridgehead atoms. The summed E-state index contributed by atoms with van der Waals surface area (Å²) < 4.78 is 0. The predicted molar refractivity (Wildman–Crippen MR) is 79.3 cm³/mol. The van der Waals surface area contributed by atoms with Gasteiger partial charge < -0.3 is 0 Å². The number of allylic oxidation sites excluding steroid dienone is 1. The van der Waals surface area contributed by atoms with Crippen LogP contribution in [0.2, 0.25) is 0 Å². The Labute approximate surface area is 122 Å². The third kappa shape index (κ3) is 2.63. The van der Waals surface area contributed by atoms with Crippen molar-refractivity contribution in [1.82, 2.24) is 9.88 Å². The molecule has 1 aliphatic rings. The number of nitrogens with zero attached hydrogens (tertiary/aromatic N) is 2. The lowest BCUT2D eigenvalue weighted by molar-refractivity contribution is -0.137. The molecule has 2 heterocycles. The standard InChI is InChI=1S/C15H16N2O2S/c1-4-6-13-12(5-2)14(18)17(15(13)19)8-7-11-9-20-10(3)16-11/h4-6,9H,2,7-8H2,1,3H3/b6-4-. The summed E-state index contributed by atoms with van der Waals surface area (Å²) >= 11 is 1.56. The Balaban J connectivity index is 2.13. The molecule has 1 aromatic rings. The van der Waals surface area contributed by atoms with Gasteiger partial charge >= 0.3 is 0 Å². The average molecular weight is 288 g/mol. The van der Waals surface area contributed by atoms with Gasteiger partial charge in [0.2, 0.25) is 0 Å². The van der Waals surface area contributed by atoms with Gasteiger partial charge in [-0.1, -0.05) is 24.8 Å². The molecule has 1 aliphatic heterocycles. The Morgan fingerprint density at radius 2 is 2.05 bits per heavy atom. The number of aryl methyl sites for hydroxylation is 1. The van der Waals surface area contributed by atoms with Gasteiger partial charge in [-0.3, -0.25) is 14.5 Å². The number of amides is 2. The van der Waals surface area contributed by atoms with Crippen LogP contribution in [-0.2, 0) is 16.0 Å². The third-order valence-electron chi connectivity index (χ3n) is 3.04. The highest BCUT2D eigenvalue weighted by Gasteiger charge is 2.34. The van der Waals surface area contributed by atoms with Crippen molar-refractivity contribution < 1.29 is 9.59 Å². The van der Waals surface area contributed by atoms with Crippen molar-refractivity contribution in [3.8, 4) is 0 Å². The molecule has 0 fully saturated rings. The van der Waals surface area contributed by atoms with E-state index in [-0.39, 0.29) is 11.8 Å². The van der Waals surface area contributed by atoms with Crippen molar-refractivity contribution in [2.24, 2.45) is 0 Å². The first-order valence-corrected chi connectivity index (χ1v) is 7.23. The molecular formula is C15H16N2O2S. The molecule has 0 unspecified atom stereocenters. The van der Waals surface area contributed by atoms with E-state index in [9.17, 15) is 9.59 Å². The van der Waals surface area contributed by atoms with E-state index in [1.54, 1.807) is 23.5 Å². The van der Waals surface area contributed by atoms with Gasteiger partial charge in [0, 0.05) is 18.3 Å². The smallest absolute Gasteiger partial charge is 0.261 e. The molecule has 0 aromatic carbocycles. The van der Waals surface area contributed by atoms with Gasteiger partial charge in [0.15, 0.2) is 0 Å². The fourth-order valence-corrected chi connectivity index (χ4v) is 2.74. The zero-order valence-corrected chi connectivity index (χ0v) is 12.4. The molecule has 2 rings (SSSR count). The van der Waals surface area contributed by atoms with E-state index >= 15 is 0 Å². The zero-order valence-electron chi connectivity index (χ0n) is 11.5. The second-order valence-corrected chi connectivity index (χ2v) is 5.46. The summed E-state index contributed by atoms with van der Waals surface area (Å²) in [5.74, 6) is -0.528. The molecule has 0 radical (unpaired) electrons. The van der Waals surface area contributed by atoms with Gasteiger partial charge in [-0.25, -0.2) is 4.98 Å². The normalized spacial score (nSPS) is 15.8. The number of hydrogen-bond acceptors (Lipinski definition) is 4. The molecule has 2 amide bonds. The highest BCUT2D eigenvalue weighted by molar-refractivity contribution is 7.09. The minimum Gasteiger partial charge on any atom is -0.274 e. The molecular weight excluding hydrogens is 272 g/mol. The topological polar surface area (TPSA) is 50.3 Å². The molecule has 5 heteroatoms. The number of thiazole rings is 1. The van der Waals surface area contributed by atoms with Gasteiger partial charge in [0.05, 0.1) is 21.8 Å². The number of imide groups is 1. The summed E-state index contributed by atoms with van der Waals surface area (Å²) in [4.78, 5) is 30.0. The van der Waals surface area contributed by atoms with Crippen molar-refractivity contribution in [3.05, 3.63) is 52.0 Å². The van der Waals surface area contributed by atoms with Crippen LogP contribution < -0.4 is 0 Å². The Bertz CT molecular complexity index is 626. The van der Waals surface area contributed by atoms with Crippen LogP contribution in [0.4, 0.5) is 0 Å². The minimum atomic E-state index is -0.273. The van der Waals surface area contributed by atoms with Crippen LogP contribution in [0.15, 0.2) is 41.3 Å². The molecule has 0 atom stereocenters. The van der Waals surface area contributed by atoms with Gasteiger partial charge in [0.25, 0.3) is 11.8 Å². The first-order valence-electron chi connectivity index (χ1n) is 6.35. The van der Waals surface area contributed by atoms with Crippen molar-refractivity contribution >= 4 is 23.2 Å². The Morgan fingerprint density at radius 1 is 1.35 bits per heavy atom. The summed E-state index contributed by atoms with van der Waals surface area (Å²) in [5, 5.41) is 2.94. The fourth-order valence-electron chi connectivity index (χ4n) is 2.09. The molecule has 0 spiro atoms. The second-order valence-electron chi connectivity index (χ2n) is 4.40. The number of aromatic nitrogens is 1. The fraction of sp³-hybridized carbons (Fsp3) is 0.267. The van der Waals surface area contributed by atoms with Gasteiger partial charge in [-0.2, -0.15) is 0 Å².